The van der Waals surface area contributed by atoms with Gasteiger partial charge in [-0.1, -0.05) is 30.7 Å². The maximum Gasteiger partial charge on any atom is 0.142 e. The molecule has 1 N–H and O–H groups in total. The fraction of sp³-hybridized carbons (Fsp3) is 0.571. The van der Waals surface area contributed by atoms with Gasteiger partial charge < -0.3 is 10.1 Å². The molecule has 0 unspecified atom stereocenters. The largest absolute Gasteiger partial charge is 0.381 e. The Labute approximate surface area is 112 Å². The molecule has 0 spiro atoms. The van der Waals surface area contributed by atoms with E-state index in [1.54, 1.807) is 6.07 Å². The molecular weight excluding hydrogens is 253 g/mol. The number of rotatable bonds is 4. The fourth-order valence-electron chi connectivity index (χ4n) is 2.22. The van der Waals surface area contributed by atoms with E-state index in [9.17, 15) is 4.39 Å². The fourth-order valence-corrected chi connectivity index (χ4v) is 2.42. The summed E-state index contributed by atoms with van der Waals surface area (Å²) in [5, 5.41) is 3.60. The normalized spacial score (nSPS) is 18.8. The lowest BCUT2D eigenvalue weighted by molar-refractivity contribution is 0.0240. The molecule has 0 aromatic heterocycles. The number of hydrogen-bond donors (Lipinski definition) is 1. The summed E-state index contributed by atoms with van der Waals surface area (Å²) >= 11 is 5.91. The summed E-state index contributed by atoms with van der Waals surface area (Å²) in [5.41, 5.74) is 1.09. The minimum atomic E-state index is -0.353. The van der Waals surface area contributed by atoms with Crippen molar-refractivity contribution in [3.63, 3.8) is 0 Å². The highest BCUT2D eigenvalue weighted by atomic mass is 35.5. The Morgan fingerprint density at radius 3 is 2.83 bits per heavy atom. The van der Waals surface area contributed by atoms with Crippen LogP contribution >= 0.6 is 11.6 Å². The highest BCUT2D eigenvalue weighted by Gasteiger charge is 2.26. The Bertz CT molecular complexity index is 405. The first-order chi connectivity index (χ1) is 8.61. The average Bonchev–Trinajstić information content (AvgIpc) is 2.35. The predicted molar refractivity (Wildman–Crippen MR) is 71.3 cm³/mol. The molecule has 18 heavy (non-hydrogen) atoms. The van der Waals surface area contributed by atoms with Gasteiger partial charge in [-0.25, -0.2) is 4.39 Å². The van der Waals surface area contributed by atoms with E-state index in [0.717, 1.165) is 38.2 Å². The van der Waals surface area contributed by atoms with Gasteiger partial charge in [0.05, 0.1) is 5.02 Å². The highest BCUT2D eigenvalue weighted by molar-refractivity contribution is 6.31. The Kier molecular flexibility index (Phi) is 4.60. The quantitative estimate of drug-likeness (QED) is 0.906. The van der Waals surface area contributed by atoms with Gasteiger partial charge in [0.25, 0.3) is 0 Å². The van der Waals surface area contributed by atoms with Crippen LogP contribution in [0.15, 0.2) is 18.2 Å². The molecule has 1 aliphatic heterocycles. The second kappa shape index (κ2) is 6.00. The number of hydrogen-bond acceptors (Lipinski definition) is 2. The van der Waals surface area contributed by atoms with Crippen molar-refractivity contribution in [2.75, 3.05) is 19.8 Å². The maximum absolute atomic E-state index is 13.3. The average molecular weight is 272 g/mol. The lowest BCUT2D eigenvalue weighted by atomic mass is 9.82. The van der Waals surface area contributed by atoms with Crippen LogP contribution in [0.1, 0.15) is 25.3 Å². The maximum atomic E-state index is 13.3. The van der Waals surface area contributed by atoms with Crippen LogP contribution in [0.4, 0.5) is 4.39 Å². The van der Waals surface area contributed by atoms with Crippen LogP contribution in [-0.2, 0) is 11.3 Å². The first kappa shape index (κ1) is 13.8. The van der Waals surface area contributed by atoms with Gasteiger partial charge in [-0.15, -0.1) is 0 Å². The van der Waals surface area contributed by atoms with Crippen LogP contribution in [0.25, 0.3) is 0 Å². The minimum absolute atomic E-state index is 0.224. The molecule has 1 aromatic rings. The molecule has 100 valence electrons. The van der Waals surface area contributed by atoms with Gasteiger partial charge >= 0.3 is 0 Å². The number of benzene rings is 1. The molecule has 0 bridgehead atoms. The minimum Gasteiger partial charge on any atom is -0.381 e. The molecule has 2 nitrogen and oxygen atoms in total. The van der Waals surface area contributed by atoms with E-state index in [1.165, 1.54) is 6.07 Å². The second-order valence-electron chi connectivity index (χ2n) is 5.24. The lowest BCUT2D eigenvalue weighted by Crippen LogP contribution is -2.36. The zero-order chi connectivity index (χ0) is 13.0. The zero-order valence-electron chi connectivity index (χ0n) is 10.6. The monoisotopic (exact) mass is 271 g/mol. The van der Waals surface area contributed by atoms with E-state index in [-0.39, 0.29) is 16.3 Å². The summed E-state index contributed by atoms with van der Waals surface area (Å²) in [6, 6.07) is 4.92. The van der Waals surface area contributed by atoms with Crippen molar-refractivity contribution in [1.29, 1.82) is 0 Å². The van der Waals surface area contributed by atoms with Gasteiger partial charge in [-0.05, 0) is 29.9 Å². The molecule has 1 saturated heterocycles. The van der Waals surface area contributed by atoms with Crippen LogP contribution in [0.5, 0.6) is 0 Å². The number of ether oxygens (including phenoxy) is 1. The van der Waals surface area contributed by atoms with Crippen molar-refractivity contribution >= 4 is 11.6 Å². The van der Waals surface area contributed by atoms with Crippen molar-refractivity contribution in [1.82, 2.24) is 5.32 Å². The van der Waals surface area contributed by atoms with E-state index in [2.05, 4.69) is 12.2 Å². The van der Waals surface area contributed by atoms with Crippen molar-refractivity contribution < 1.29 is 9.13 Å². The summed E-state index contributed by atoms with van der Waals surface area (Å²) in [7, 11) is 0. The highest BCUT2D eigenvalue weighted by Crippen LogP contribution is 2.29. The lowest BCUT2D eigenvalue weighted by Gasteiger charge is -2.33. The van der Waals surface area contributed by atoms with Crippen LogP contribution in [0.2, 0.25) is 5.02 Å². The SMILES string of the molecule is CC1(CNCc2cccc(F)c2Cl)CCOCC1. The molecular formula is C14H19ClFNO. The summed E-state index contributed by atoms with van der Waals surface area (Å²) in [6.45, 7) is 5.43. The third-order valence-corrected chi connectivity index (χ3v) is 4.02. The Hall–Kier alpha value is -0.640. The van der Waals surface area contributed by atoms with E-state index < -0.39 is 0 Å². The van der Waals surface area contributed by atoms with Gasteiger partial charge in [0.1, 0.15) is 5.82 Å². The van der Waals surface area contributed by atoms with Crippen molar-refractivity contribution in [3.8, 4) is 0 Å². The molecule has 2 rings (SSSR count). The van der Waals surface area contributed by atoms with Gasteiger partial charge in [-0.3, -0.25) is 0 Å². The van der Waals surface area contributed by atoms with Gasteiger partial charge in [0.2, 0.25) is 0 Å². The van der Waals surface area contributed by atoms with E-state index >= 15 is 0 Å². The third kappa shape index (κ3) is 3.44. The van der Waals surface area contributed by atoms with Gasteiger partial charge in [0, 0.05) is 26.3 Å². The van der Waals surface area contributed by atoms with E-state index in [4.69, 9.17) is 16.3 Å². The summed E-state index contributed by atoms with van der Waals surface area (Å²) in [5.74, 6) is -0.353. The number of halogens is 2. The summed E-state index contributed by atoms with van der Waals surface area (Å²) < 4.78 is 18.6. The van der Waals surface area contributed by atoms with Crippen LogP contribution in [-0.4, -0.2) is 19.8 Å². The third-order valence-electron chi connectivity index (χ3n) is 3.60. The first-order valence-corrected chi connectivity index (χ1v) is 6.70. The van der Waals surface area contributed by atoms with Gasteiger partial charge in [-0.2, -0.15) is 0 Å². The van der Waals surface area contributed by atoms with Crippen LogP contribution in [0, 0.1) is 11.2 Å². The van der Waals surface area contributed by atoms with Crippen molar-refractivity contribution in [2.45, 2.75) is 26.3 Å². The standard InChI is InChI=1S/C14H19ClFNO/c1-14(5-7-18-8-6-14)10-17-9-11-3-2-4-12(16)13(11)15/h2-4,17H,5-10H2,1H3. The van der Waals surface area contributed by atoms with E-state index in [1.807, 2.05) is 6.07 Å². The molecule has 0 atom stereocenters. The Morgan fingerprint density at radius 1 is 1.39 bits per heavy atom. The van der Waals surface area contributed by atoms with Crippen molar-refractivity contribution in [3.05, 3.63) is 34.6 Å². The molecule has 1 aliphatic rings. The molecule has 4 heteroatoms. The summed E-state index contributed by atoms with van der Waals surface area (Å²) in [6.07, 6.45) is 2.13. The molecule has 0 amide bonds. The predicted octanol–water partition coefficient (Wildman–Crippen LogP) is 3.39. The number of nitrogens with one attached hydrogen (secondary N) is 1. The van der Waals surface area contributed by atoms with Crippen LogP contribution < -0.4 is 5.32 Å². The van der Waals surface area contributed by atoms with Crippen molar-refractivity contribution in [2.24, 2.45) is 5.41 Å². The first-order valence-electron chi connectivity index (χ1n) is 6.32. The Morgan fingerprint density at radius 2 is 2.11 bits per heavy atom. The molecule has 0 aliphatic carbocycles. The molecule has 1 heterocycles. The van der Waals surface area contributed by atoms with Gasteiger partial charge in [0.15, 0.2) is 0 Å². The topological polar surface area (TPSA) is 21.3 Å². The van der Waals surface area contributed by atoms with E-state index in [0.29, 0.717) is 6.54 Å². The summed E-state index contributed by atoms with van der Waals surface area (Å²) in [4.78, 5) is 0. The molecule has 0 saturated carbocycles. The second-order valence-corrected chi connectivity index (χ2v) is 5.62. The zero-order valence-corrected chi connectivity index (χ0v) is 11.4. The molecule has 1 aromatic carbocycles. The molecule has 0 radical (unpaired) electrons. The Balaban J connectivity index is 1.86. The smallest absolute Gasteiger partial charge is 0.142 e. The van der Waals surface area contributed by atoms with Crippen LogP contribution in [0.3, 0.4) is 0 Å². The molecule has 1 fully saturated rings.